The van der Waals surface area contributed by atoms with E-state index in [0.29, 0.717) is 17.8 Å². The molecule has 1 atom stereocenters. The van der Waals surface area contributed by atoms with E-state index in [0.717, 1.165) is 21.9 Å². The number of anilines is 1. The van der Waals surface area contributed by atoms with Gasteiger partial charge in [0.2, 0.25) is 11.8 Å². The molecule has 1 N–H and O–H groups in total. The van der Waals surface area contributed by atoms with E-state index in [1.165, 1.54) is 17.0 Å². The van der Waals surface area contributed by atoms with Crippen LogP contribution in [0.2, 0.25) is 0 Å². The molecule has 0 fully saturated rings. The van der Waals surface area contributed by atoms with Gasteiger partial charge in [-0.15, -0.1) is 0 Å². The van der Waals surface area contributed by atoms with Crippen LogP contribution in [0.15, 0.2) is 83.8 Å². The summed E-state index contributed by atoms with van der Waals surface area (Å²) in [4.78, 5) is 28.3. The predicted molar refractivity (Wildman–Crippen MR) is 147 cm³/mol. The van der Waals surface area contributed by atoms with Gasteiger partial charge in [-0.25, -0.2) is 8.42 Å². The van der Waals surface area contributed by atoms with Gasteiger partial charge in [0.1, 0.15) is 12.6 Å². The second-order valence-corrected chi connectivity index (χ2v) is 10.9. The van der Waals surface area contributed by atoms with Crippen molar-refractivity contribution in [2.75, 3.05) is 17.4 Å². The SMILES string of the molecule is CCCNC(=O)[C@H](C)N(Cc1ccc(C)cc1)C(=O)CN(c1ccccc1C)S(=O)(=O)c1ccccc1. The molecule has 3 rings (SSSR count). The summed E-state index contributed by atoms with van der Waals surface area (Å²) in [7, 11) is -4.06. The highest BCUT2D eigenvalue weighted by Gasteiger charge is 2.32. The summed E-state index contributed by atoms with van der Waals surface area (Å²) in [6.07, 6.45) is 0.765. The number of rotatable bonds is 11. The lowest BCUT2D eigenvalue weighted by molar-refractivity contribution is -0.139. The predicted octanol–water partition coefficient (Wildman–Crippen LogP) is 4.44. The van der Waals surface area contributed by atoms with Gasteiger partial charge in [-0.05, 0) is 56.5 Å². The van der Waals surface area contributed by atoms with Crippen molar-refractivity contribution in [2.24, 2.45) is 0 Å². The molecule has 2 amide bonds. The number of nitrogens with zero attached hydrogens (tertiary/aromatic N) is 2. The molecule has 0 radical (unpaired) electrons. The maximum absolute atomic E-state index is 13.8. The topological polar surface area (TPSA) is 86.8 Å². The Balaban J connectivity index is 2.01. The third-order valence-electron chi connectivity index (χ3n) is 6.18. The fourth-order valence-corrected chi connectivity index (χ4v) is 5.44. The molecule has 0 saturated carbocycles. The van der Waals surface area contributed by atoms with Crippen molar-refractivity contribution in [2.45, 2.75) is 51.6 Å². The Labute approximate surface area is 220 Å². The maximum Gasteiger partial charge on any atom is 0.264 e. The molecule has 0 aliphatic carbocycles. The van der Waals surface area contributed by atoms with Crippen LogP contribution in [0.1, 0.15) is 37.0 Å². The van der Waals surface area contributed by atoms with Crippen molar-refractivity contribution >= 4 is 27.5 Å². The van der Waals surface area contributed by atoms with Crippen LogP contribution >= 0.6 is 0 Å². The summed E-state index contributed by atoms with van der Waals surface area (Å²) < 4.78 is 28.7. The molecule has 0 spiro atoms. The molecule has 7 nitrogen and oxygen atoms in total. The molecular weight excluding hydrogens is 486 g/mol. The Morgan fingerprint density at radius 2 is 1.51 bits per heavy atom. The molecule has 0 heterocycles. The molecule has 8 heteroatoms. The molecule has 0 unspecified atom stereocenters. The largest absolute Gasteiger partial charge is 0.354 e. The van der Waals surface area contributed by atoms with E-state index in [1.54, 1.807) is 50.2 Å². The van der Waals surface area contributed by atoms with Gasteiger partial charge in [0, 0.05) is 13.1 Å². The quantitative estimate of drug-likeness (QED) is 0.404. The number of para-hydroxylation sites is 1. The molecule has 37 heavy (non-hydrogen) atoms. The number of benzene rings is 3. The third-order valence-corrected chi connectivity index (χ3v) is 7.96. The van der Waals surface area contributed by atoms with Crippen molar-refractivity contribution in [3.05, 3.63) is 95.6 Å². The van der Waals surface area contributed by atoms with E-state index >= 15 is 0 Å². The van der Waals surface area contributed by atoms with Crippen LogP contribution in [-0.4, -0.2) is 44.3 Å². The van der Waals surface area contributed by atoms with Crippen LogP contribution < -0.4 is 9.62 Å². The number of nitrogens with one attached hydrogen (secondary N) is 1. The van der Waals surface area contributed by atoms with Gasteiger partial charge >= 0.3 is 0 Å². The molecular formula is C29H35N3O4S. The molecule has 0 bridgehead atoms. The fraction of sp³-hybridized carbons (Fsp3) is 0.310. The lowest BCUT2D eigenvalue weighted by atomic mass is 10.1. The number of hydrogen-bond acceptors (Lipinski definition) is 4. The van der Waals surface area contributed by atoms with Crippen molar-refractivity contribution in [1.29, 1.82) is 0 Å². The Kier molecular flexibility index (Phi) is 9.47. The lowest BCUT2D eigenvalue weighted by Gasteiger charge is -2.32. The average molecular weight is 522 g/mol. The van der Waals surface area contributed by atoms with E-state index in [1.807, 2.05) is 44.2 Å². The summed E-state index contributed by atoms with van der Waals surface area (Å²) in [5.41, 5.74) is 3.06. The lowest BCUT2D eigenvalue weighted by Crippen LogP contribution is -2.51. The first kappa shape index (κ1) is 27.9. The zero-order valence-electron chi connectivity index (χ0n) is 21.8. The molecule has 0 aliphatic heterocycles. The van der Waals surface area contributed by atoms with E-state index in [-0.39, 0.29) is 17.3 Å². The molecule has 3 aromatic carbocycles. The van der Waals surface area contributed by atoms with E-state index in [2.05, 4.69) is 5.32 Å². The third kappa shape index (κ3) is 6.98. The second kappa shape index (κ2) is 12.5. The standard InChI is InChI=1S/C29H35N3O4S/c1-5-19-30-29(34)24(4)31(20-25-17-15-22(2)16-18-25)28(33)21-32(27-14-10-9-11-23(27)3)37(35,36)26-12-7-6-8-13-26/h6-18,24H,5,19-21H2,1-4H3,(H,30,34)/t24-/m0/s1. The van der Waals surface area contributed by atoms with Gasteiger partial charge in [-0.2, -0.15) is 0 Å². The average Bonchev–Trinajstić information content (AvgIpc) is 2.90. The zero-order chi connectivity index (χ0) is 27.0. The smallest absolute Gasteiger partial charge is 0.264 e. The summed E-state index contributed by atoms with van der Waals surface area (Å²) in [6, 6.07) is 22.0. The Hall–Kier alpha value is -3.65. The van der Waals surface area contributed by atoms with Crippen molar-refractivity contribution in [3.63, 3.8) is 0 Å². The minimum atomic E-state index is -4.06. The Bertz CT molecular complexity index is 1310. The minimum absolute atomic E-state index is 0.0878. The van der Waals surface area contributed by atoms with Crippen LogP contribution in [0, 0.1) is 13.8 Å². The highest BCUT2D eigenvalue weighted by molar-refractivity contribution is 7.92. The number of carbonyl (C=O) groups is 2. The summed E-state index contributed by atoms with van der Waals surface area (Å²) >= 11 is 0. The molecule has 0 aliphatic rings. The van der Waals surface area contributed by atoms with Crippen LogP contribution in [-0.2, 0) is 26.2 Å². The van der Waals surface area contributed by atoms with E-state index in [4.69, 9.17) is 0 Å². The first-order valence-corrected chi connectivity index (χ1v) is 13.8. The van der Waals surface area contributed by atoms with E-state index < -0.39 is 28.5 Å². The number of sulfonamides is 1. The van der Waals surface area contributed by atoms with Crippen LogP contribution in [0.3, 0.4) is 0 Å². The fourth-order valence-electron chi connectivity index (χ4n) is 3.94. The normalized spacial score (nSPS) is 12.0. The molecule has 0 saturated heterocycles. The van der Waals surface area contributed by atoms with Crippen LogP contribution in [0.5, 0.6) is 0 Å². The van der Waals surface area contributed by atoms with Crippen molar-refractivity contribution < 1.29 is 18.0 Å². The first-order chi connectivity index (χ1) is 17.6. The van der Waals surface area contributed by atoms with Crippen molar-refractivity contribution in [3.8, 4) is 0 Å². The summed E-state index contributed by atoms with van der Waals surface area (Å²) in [5, 5.41) is 2.85. The van der Waals surface area contributed by atoms with Gasteiger partial charge in [0.15, 0.2) is 0 Å². The van der Waals surface area contributed by atoms with Crippen LogP contribution in [0.25, 0.3) is 0 Å². The Morgan fingerprint density at radius 3 is 2.14 bits per heavy atom. The van der Waals surface area contributed by atoms with Gasteiger partial charge in [-0.1, -0.05) is 73.2 Å². The zero-order valence-corrected chi connectivity index (χ0v) is 22.7. The van der Waals surface area contributed by atoms with Gasteiger partial charge < -0.3 is 10.2 Å². The number of hydrogen-bond donors (Lipinski definition) is 1. The number of carbonyl (C=O) groups excluding carboxylic acids is 2. The molecule has 3 aromatic rings. The summed E-state index contributed by atoms with van der Waals surface area (Å²) in [6.45, 7) is 7.62. The number of aryl methyl sites for hydroxylation is 2. The van der Waals surface area contributed by atoms with Crippen molar-refractivity contribution in [1.82, 2.24) is 10.2 Å². The highest BCUT2D eigenvalue weighted by Crippen LogP contribution is 2.27. The first-order valence-electron chi connectivity index (χ1n) is 12.4. The number of amides is 2. The molecule has 196 valence electrons. The van der Waals surface area contributed by atoms with E-state index in [9.17, 15) is 18.0 Å². The second-order valence-electron chi connectivity index (χ2n) is 9.09. The van der Waals surface area contributed by atoms with Gasteiger partial charge in [0.25, 0.3) is 10.0 Å². The minimum Gasteiger partial charge on any atom is -0.354 e. The summed E-state index contributed by atoms with van der Waals surface area (Å²) in [5.74, 6) is -0.752. The van der Waals surface area contributed by atoms with Crippen LogP contribution in [0.4, 0.5) is 5.69 Å². The van der Waals surface area contributed by atoms with Gasteiger partial charge in [-0.3, -0.25) is 13.9 Å². The maximum atomic E-state index is 13.8. The highest BCUT2D eigenvalue weighted by atomic mass is 32.2. The monoisotopic (exact) mass is 521 g/mol. The molecule has 0 aromatic heterocycles. The van der Waals surface area contributed by atoms with Gasteiger partial charge in [0.05, 0.1) is 10.6 Å². The Morgan fingerprint density at radius 1 is 0.892 bits per heavy atom.